The van der Waals surface area contributed by atoms with Crippen LogP contribution < -0.4 is 0 Å². The number of carbonyl (C=O) groups excluding carboxylic acids is 1. The molecule has 0 aromatic heterocycles. The van der Waals surface area contributed by atoms with Crippen molar-refractivity contribution in [2.45, 2.75) is 19.1 Å². The van der Waals surface area contributed by atoms with Crippen LogP contribution in [0.15, 0.2) is 12.7 Å². The van der Waals surface area contributed by atoms with E-state index in [4.69, 9.17) is 10.2 Å². The highest BCUT2D eigenvalue weighted by Gasteiger charge is 2.26. The first-order valence-corrected chi connectivity index (χ1v) is 2.66. The van der Waals surface area contributed by atoms with E-state index < -0.39 is 11.6 Å². The molecule has 0 aliphatic carbocycles. The first kappa shape index (κ1) is 8.33. The lowest BCUT2D eigenvalue weighted by Crippen LogP contribution is -2.35. The third-order valence-electron chi connectivity index (χ3n) is 1.02. The van der Waals surface area contributed by atoms with Gasteiger partial charge in [0, 0.05) is 6.42 Å². The van der Waals surface area contributed by atoms with Crippen LogP contribution in [0.4, 0.5) is 0 Å². The number of carbonyl (C=O) groups is 1. The topological polar surface area (TPSA) is 57.5 Å². The van der Waals surface area contributed by atoms with Crippen molar-refractivity contribution in [3.63, 3.8) is 0 Å². The van der Waals surface area contributed by atoms with Crippen LogP contribution in [-0.4, -0.2) is 21.8 Å². The average molecular weight is 130 g/mol. The molecule has 0 amide bonds. The quantitative estimate of drug-likeness (QED) is 0.412. The van der Waals surface area contributed by atoms with Crippen molar-refractivity contribution in [2.24, 2.45) is 0 Å². The highest BCUT2D eigenvalue weighted by Crippen LogP contribution is 2.03. The van der Waals surface area contributed by atoms with Crippen molar-refractivity contribution in [3.05, 3.63) is 12.7 Å². The Labute approximate surface area is 53.6 Å². The van der Waals surface area contributed by atoms with Gasteiger partial charge in [-0.15, -0.1) is 0 Å². The maximum atomic E-state index is 10.5. The molecule has 0 aliphatic rings. The van der Waals surface area contributed by atoms with Gasteiger partial charge in [0.15, 0.2) is 5.78 Å². The molecule has 0 aromatic carbocycles. The van der Waals surface area contributed by atoms with Crippen molar-refractivity contribution < 1.29 is 15.0 Å². The molecular formula is C6H10O3. The van der Waals surface area contributed by atoms with E-state index in [0.717, 1.165) is 6.08 Å². The zero-order valence-electron chi connectivity index (χ0n) is 5.29. The maximum absolute atomic E-state index is 10.5. The van der Waals surface area contributed by atoms with Crippen LogP contribution in [0.3, 0.4) is 0 Å². The number of ketones is 1. The molecule has 9 heavy (non-hydrogen) atoms. The summed E-state index contributed by atoms with van der Waals surface area (Å²) < 4.78 is 0. The Balaban J connectivity index is 4.14. The summed E-state index contributed by atoms with van der Waals surface area (Å²) >= 11 is 0. The molecule has 0 spiro atoms. The van der Waals surface area contributed by atoms with E-state index in [1.807, 2.05) is 0 Å². The molecule has 3 heteroatoms. The molecule has 0 fully saturated rings. The minimum absolute atomic E-state index is 0.0962. The number of hydrogen-bond acceptors (Lipinski definition) is 3. The zero-order chi connectivity index (χ0) is 7.49. The molecule has 0 heterocycles. The minimum atomic E-state index is -2.32. The largest absolute Gasteiger partial charge is 0.357 e. The zero-order valence-corrected chi connectivity index (χ0v) is 5.29. The van der Waals surface area contributed by atoms with Gasteiger partial charge in [-0.1, -0.05) is 13.5 Å². The molecule has 0 saturated carbocycles. The van der Waals surface area contributed by atoms with Crippen LogP contribution in [0, 0.1) is 0 Å². The van der Waals surface area contributed by atoms with Gasteiger partial charge in [0.1, 0.15) is 0 Å². The molecule has 52 valence electrons. The molecule has 0 aromatic rings. The van der Waals surface area contributed by atoms with E-state index in [1.165, 1.54) is 0 Å². The first-order valence-electron chi connectivity index (χ1n) is 2.66. The Morgan fingerprint density at radius 1 is 1.78 bits per heavy atom. The van der Waals surface area contributed by atoms with Gasteiger partial charge in [0.2, 0.25) is 5.79 Å². The Morgan fingerprint density at radius 3 is 2.33 bits per heavy atom. The number of rotatable bonds is 3. The van der Waals surface area contributed by atoms with Gasteiger partial charge in [-0.3, -0.25) is 4.79 Å². The summed E-state index contributed by atoms with van der Waals surface area (Å²) in [6, 6.07) is 0. The van der Waals surface area contributed by atoms with Crippen molar-refractivity contribution in [1.82, 2.24) is 0 Å². The smallest absolute Gasteiger partial charge is 0.244 e. The van der Waals surface area contributed by atoms with Gasteiger partial charge >= 0.3 is 0 Å². The average Bonchev–Trinajstić information content (AvgIpc) is 1.86. The predicted octanol–water partition coefficient (Wildman–Crippen LogP) is -0.168. The summed E-state index contributed by atoms with van der Waals surface area (Å²) in [7, 11) is 0. The summed E-state index contributed by atoms with van der Waals surface area (Å²) in [4.78, 5) is 10.5. The lowest BCUT2D eigenvalue weighted by atomic mass is 10.1. The van der Waals surface area contributed by atoms with E-state index in [1.54, 1.807) is 6.92 Å². The van der Waals surface area contributed by atoms with Crippen LogP contribution in [0.25, 0.3) is 0 Å². The Morgan fingerprint density at radius 2 is 2.22 bits per heavy atom. The fourth-order valence-electron chi connectivity index (χ4n) is 0.374. The summed E-state index contributed by atoms with van der Waals surface area (Å²) in [6.45, 7) is 4.63. The summed E-state index contributed by atoms with van der Waals surface area (Å²) in [5.74, 6) is -2.97. The molecule has 0 saturated heterocycles. The number of hydrogen-bond donors (Lipinski definition) is 2. The van der Waals surface area contributed by atoms with Gasteiger partial charge in [-0.25, -0.2) is 0 Å². The Hall–Kier alpha value is -0.670. The molecule has 0 radical (unpaired) electrons. The summed E-state index contributed by atoms with van der Waals surface area (Å²) in [5.41, 5.74) is 0. The molecule has 0 bridgehead atoms. The predicted molar refractivity (Wildman–Crippen MR) is 32.7 cm³/mol. The molecule has 3 nitrogen and oxygen atoms in total. The molecule has 0 unspecified atom stereocenters. The molecule has 0 atom stereocenters. The van der Waals surface area contributed by atoms with Crippen molar-refractivity contribution in [2.75, 3.05) is 0 Å². The fourth-order valence-corrected chi connectivity index (χ4v) is 0.374. The lowest BCUT2D eigenvalue weighted by molar-refractivity contribution is -0.165. The van der Waals surface area contributed by atoms with Gasteiger partial charge in [0.05, 0.1) is 0 Å². The molecule has 0 aliphatic heterocycles. The second-order valence-corrected chi connectivity index (χ2v) is 1.71. The second kappa shape index (κ2) is 2.75. The second-order valence-electron chi connectivity index (χ2n) is 1.71. The minimum Gasteiger partial charge on any atom is -0.357 e. The van der Waals surface area contributed by atoms with Crippen LogP contribution in [-0.2, 0) is 4.79 Å². The van der Waals surface area contributed by atoms with Crippen LogP contribution >= 0.6 is 0 Å². The fraction of sp³-hybridized carbons (Fsp3) is 0.500. The third kappa shape index (κ3) is 1.95. The molecule has 0 rings (SSSR count). The van der Waals surface area contributed by atoms with Crippen LogP contribution in [0.2, 0.25) is 0 Å². The van der Waals surface area contributed by atoms with E-state index in [-0.39, 0.29) is 6.42 Å². The van der Waals surface area contributed by atoms with Crippen molar-refractivity contribution >= 4 is 5.78 Å². The monoisotopic (exact) mass is 130 g/mol. The van der Waals surface area contributed by atoms with Crippen LogP contribution in [0.1, 0.15) is 13.3 Å². The lowest BCUT2D eigenvalue weighted by Gasteiger charge is -2.12. The van der Waals surface area contributed by atoms with Gasteiger partial charge < -0.3 is 10.2 Å². The third-order valence-corrected chi connectivity index (χ3v) is 1.02. The number of aliphatic hydroxyl groups is 2. The van der Waals surface area contributed by atoms with Gasteiger partial charge in [0.25, 0.3) is 0 Å². The van der Waals surface area contributed by atoms with Gasteiger partial charge in [-0.2, -0.15) is 0 Å². The van der Waals surface area contributed by atoms with Crippen molar-refractivity contribution in [1.29, 1.82) is 0 Å². The van der Waals surface area contributed by atoms with E-state index in [2.05, 4.69) is 6.58 Å². The highest BCUT2D eigenvalue weighted by molar-refractivity contribution is 5.86. The Bertz CT molecular complexity index is 126. The highest BCUT2D eigenvalue weighted by atomic mass is 16.5. The number of Topliss-reactive ketones (excluding diaryl/α,β-unsaturated/α-hetero) is 1. The van der Waals surface area contributed by atoms with Crippen molar-refractivity contribution in [3.8, 4) is 0 Å². The van der Waals surface area contributed by atoms with E-state index in [0.29, 0.717) is 0 Å². The normalized spacial score (nSPS) is 11.0. The summed E-state index contributed by atoms with van der Waals surface area (Å²) in [6.07, 6.45) is 0.901. The first-order chi connectivity index (χ1) is 4.04. The SMILES string of the molecule is C=CC(O)(O)C(=O)CC. The Kier molecular flexibility index (Phi) is 2.55. The maximum Gasteiger partial charge on any atom is 0.244 e. The van der Waals surface area contributed by atoms with E-state index in [9.17, 15) is 4.79 Å². The van der Waals surface area contributed by atoms with E-state index >= 15 is 0 Å². The molecule has 2 N–H and O–H groups in total. The van der Waals surface area contributed by atoms with Gasteiger partial charge in [-0.05, 0) is 6.08 Å². The standard InChI is InChI=1S/C6H10O3/c1-3-5(7)6(8,9)4-2/h4,8-9H,2-3H2,1H3. The summed E-state index contributed by atoms with van der Waals surface area (Å²) in [5, 5.41) is 17.4. The molecular weight excluding hydrogens is 120 g/mol. The van der Waals surface area contributed by atoms with Crippen LogP contribution in [0.5, 0.6) is 0 Å².